The Bertz CT molecular complexity index is 611. The maximum Gasteiger partial charge on any atom is 0.318 e. The third-order valence-corrected chi connectivity index (χ3v) is 3.48. The summed E-state index contributed by atoms with van der Waals surface area (Å²) in [6.45, 7) is 2.65. The van der Waals surface area contributed by atoms with Crippen molar-refractivity contribution in [2.24, 2.45) is 11.5 Å². The van der Waals surface area contributed by atoms with Crippen LogP contribution in [-0.2, 0) is 10.2 Å². The Morgan fingerprint density at radius 1 is 0.913 bits per heavy atom. The minimum atomic E-state index is -1.52. The van der Waals surface area contributed by atoms with Crippen LogP contribution in [0.4, 0.5) is 0 Å². The maximum absolute atomic E-state index is 11.7. The van der Waals surface area contributed by atoms with Gasteiger partial charge in [-0.05, 0) is 19.1 Å². The van der Waals surface area contributed by atoms with E-state index in [1.54, 1.807) is 24.3 Å². The molecule has 0 saturated heterocycles. The standard InChI is InChI=1S/C15H14O4.C2H8N2/c1-15(14(18)19,10-6-2-4-8-12(10)16)11-7-3-5-9-13(11)17;3-1-2-4/h2-9,16-17H,1H3,(H,18,19);1-4H2. The largest absolute Gasteiger partial charge is 0.508 e. The second-order valence-electron chi connectivity index (χ2n) is 5.04. The second-order valence-corrected chi connectivity index (χ2v) is 5.04. The molecule has 2 aromatic carbocycles. The van der Waals surface area contributed by atoms with E-state index in [9.17, 15) is 20.1 Å². The lowest BCUT2D eigenvalue weighted by Crippen LogP contribution is -2.33. The third kappa shape index (κ3) is 4.00. The minimum absolute atomic E-state index is 0.115. The molecule has 23 heavy (non-hydrogen) atoms. The van der Waals surface area contributed by atoms with E-state index in [0.29, 0.717) is 13.1 Å². The predicted octanol–water partition coefficient (Wildman–Crippen LogP) is 1.39. The normalized spacial score (nSPS) is 10.6. The zero-order valence-corrected chi connectivity index (χ0v) is 12.9. The van der Waals surface area contributed by atoms with Crippen LogP contribution < -0.4 is 11.5 Å². The summed E-state index contributed by atoms with van der Waals surface area (Å²) in [5, 5.41) is 29.4. The fraction of sp³-hybridized carbons (Fsp3) is 0.235. The summed E-state index contributed by atoms with van der Waals surface area (Å²) >= 11 is 0. The van der Waals surface area contributed by atoms with Gasteiger partial charge >= 0.3 is 5.97 Å². The quantitative estimate of drug-likeness (QED) is 0.579. The molecule has 6 heteroatoms. The zero-order chi connectivity index (χ0) is 17.5. The van der Waals surface area contributed by atoms with Gasteiger partial charge in [0.05, 0.1) is 0 Å². The van der Waals surface area contributed by atoms with Crippen LogP contribution in [-0.4, -0.2) is 34.4 Å². The molecule has 2 aromatic rings. The van der Waals surface area contributed by atoms with Crippen LogP contribution >= 0.6 is 0 Å². The molecule has 0 aliphatic carbocycles. The molecule has 0 atom stereocenters. The molecule has 0 aromatic heterocycles. The molecule has 0 aliphatic heterocycles. The molecular weight excluding hydrogens is 296 g/mol. The number of phenols is 2. The molecule has 0 amide bonds. The number of nitrogens with two attached hydrogens (primary N) is 2. The third-order valence-electron chi connectivity index (χ3n) is 3.48. The van der Waals surface area contributed by atoms with Gasteiger partial charge in [0.15, 0.2) is 0 Å². The van der Waals surface area contributed by atoms with Crippen molar-refractivity contribution in [1.82, 2.24) is 0 Å². The van der Waals surface area contributed by atoms with Crippen molar-refractivity contribution >= 4 is 5.97 Å². The number of carboxylic acids is 1. The fourth-order valence-corrected chi connectivity index (χ4v) is 2.17. The minimum Gasteiger partial charge on any atom is -0.508 e. The zero-order valence-electron chi connectivity index (χ0n) is 12.9. The van der Waals surface area contributed by atoms with Gasteiger partial charge in [0.1, 0.15) is 16.9 Å². The van der Waals surface area contributed by atoms with Crippen LogP contribution in [0.3, 0.4) is 0 Å². The van der Waals surface area contributed by atoms with E-state index in [1.165, 1.54) is 31.2 Å². The molecule has 0 spiro atoms. The molecule has 0 radical (unpaired) electrons. The number of aromatic hydroxyl groups is 2. The molecule has 0 unspecified atom stereocenters. The van der Waals surface area contributed by atoms with Gasteiger partial charge < -0.3 is 26.8 Å². The number of phenolic OH excluding ortho intramolecular Hbond substituents is 2. The predicted molar refractivity (Wildman–Crippen MR) is 88.4 cm³/mol. The highest BCUT2D eigenvalue weighted by atomic mass is 16.4. The van der Waals surface area contributed by atoms with Gasteiger partial charge in [-0.1, -0.05) is 36.4 Å². The average Bonchev–Trinajstić information content (AvgIpc) is 2.55. The molecule has 0 saturated carbocycles. The Labute approximate surface area is 135 Å². The van der Waals surface area contributed by atoms with Crippen LogP contribution in [0.5, 0.6) is 11.5 Å². The van der Waals surface area contributed by atoms with Crippen LogP contribution in [0.1, 0.15) is 18.1 Å². The number of benzene rings is 2. The molecule has 6 nitrogen and oxygen atoms in total. The lowest BCUT2D eigenvalue weighted by Gasteiger charge is -2.27. The number of hydrogen-bond acceptors (Lipinski definition) is 5. The van der Waals surface area contributed by atoms with Gasteiger partial charge in [-0.3, -0.25) is 4.79 Å². The van der Waals surface area contributed by atoms with E-state index in [4.69, 9.17) is 11.5 Å². The van der Waals surface area contributed by atoms with Crippen molar-refractivity contribution in [2.45, 2.75) is 12.3 Å². The number of rotatable bonds is 4. The van der Waals surface area contributed by atoms with Crippen LogP contribution in [0.25, 0.3) is 0 Å². The summed E-state index contributed by atoms with van der Waals surface area (Å²) in [4.78, 5) is 11.7. The smallest absolute Gasteiger partial charge is 0.318 e. The van der Waals surface area contributed by atoms with Gasteiger partial charge in [0.25, 0.3) is 0 Å². The van der Waals surface area contributed by atoms with E-state index in [-0.39, 0.29) is 22.6 Å². The fourth-order valence-electron chi connectivity index (χ4n) is 2.17. The first-order valence-electron chi connectivity index (χ1n) is 7.10. The van der Waals surface area contributed by atoms with Crippen molar-refractivity contribution in [3.8, 4) is 11.5 Å². The summed E-state index contributed by atoms with van der Waals surface area (Å²) in [6, 6.07) is 12.5. The van der Waals surface area contributed by atoms with Gasteiger partial charge in [-0.15, -0.1) is 0 Å². The average molecular weight is 318 g/mol. The lowest BCUT2D eigenvalue weighted by molar-refractivity contribution is -0.141. The molecule has 7 N–H and O–H groups in total. The summed E-state index contributed by atoms with van der Waals surface area (Å²) in [7, 11) is 0. The highest BCUT2D eigenvalue weighted by Crippen LogP contribution is 2.40. The first-order valence-corrected chi connectivity index (χ1v) is 7.10. The Hall–Kier alpha value is -2.57. The molecule has 124 valence electrons. The number of carboxylic acid groups (broad SMARTS) is 1. The Balaban J connectivity index is 0.000000593. The first kappa shape index (κ1) is 18.5. The van der Waals surface area contributed by atoms with Gasteiger partial charge in [-0.2, -0.15) is 0 Å². The molecule has 0 bridgehead atoms. The summed E-state index contributed by atoms with van der Waals surface area (Å²) in [6.07, 6.45) is 0. The number of aliphatic carboxylic acids is 1. The van der Waals surface area contributed by atoms with E-state index < -0.39 is 11.4 Å². The summed E-state index contributed by atoms with van der Waals surface area (Å²) in [5.41, 5.74) is 8.77. The van der Waals surface area contributed by atoms with Crippen LogP contribution in [0.2, 0.25) is 0 Å². The number of para-hydroxylation sites is 2. The van der Waals surface area contributed by atoms with Crippen molar-refractivity contribution < 1.29 is 20.1 Å². The second kappa shape index (κ2) is 8.17. The monoisotopic (exact) mass is 318 g/mol. The highest BCUT2D eigenvalue weighted by Gasteiger charge is 2.41. The first-order chi connectivity index (χ1) is 10.9. The lowest BCUT2D eigenvalue weighted by atomic mass is 9.75. The Morgan fingerprint density at radius 3 is 1.52 bits per heavy atom. The SMILES string of the molecule is CC(C(=O)O)(c1ccccc1O)c1ccccc1O.NCCN. The van der Waals surface area contributed by atoms with Crippen molar-refractivity contribution in [1.29, 1.82) is 0 Å². The van der Waals surface area contributed by atoms with Crippen molar-refractivity contribution in [3.63, 3.8) is 0 Å². The van der Waals surface area contributed by atoms with Crippen LogP contribution in [0.15, 0.2) is 48.5 Å². The highest BCUT2D eigenvalue weighted by molar-refractivity contribution is 5.87. The number of hydrogen-bond donors (Lipinski definition) is 5. The molecule has 2 rings (SSSR count). The van der Waals surface area contributed by atoms with E-state index in [1.807, 2.05) is 0 Å². The molecule has 0 heterocycles. The van der Waals surface area contributed by atoms with Crippen LogP contribution in [0, 0.1) is 0 Å². The summed E-state index contributed by atoms with van der Waals surface area (Å²) < 4.78 is 0. The van der Waals surface area contributed by atoms with Gasteiger partial charge in [-0.25, -0.2) is 0 Å². The van der Waals surface area contributed by atoms with Crippen molar-refractivity contribution in [2.75, 3.05) is 13.1 Å². The topological polar surface area (TPSA) is 130 Å². The molecule has 0 aliphatic rings. The van der Waals surface area contributed by atoms with Gasteiger partial charge in [0.2, 0.25) is 0 Å². The summed E-state index contributed by atoms with van der Waals surface area (Å²) in [5.74, 6) is -1.37. The Morgan fingerprint density at radius 2 is 1.26 bits per heavy atom. The van der Waals surface area contributed by atoms with E-state index in [2.05, 4.69) is 0 Å². The molecule has 0 fully saturated rings. The maximum atomic E-state index is 11.7. The van der Waals surface area contributed by atoms with Gasteiger partial charge in [0, 0.05) is 24.2 Å². The number of carbonyl (C=O) groups is 1. The van der Waals surface area contributed by atoms with E-state index in [0.717, 1.165) is 0 Å². The van der Waals surface area contributed by atoms with E-state index >= 15 is 0 Å². The van der Waals surface area contributed by atoms with Crippen molar-refractivity contribution in [3.05, 3.63) is 59.7 Å². The molecular formula is C17H22N2O4. The Kier molecular flexibility index (Phi) is 6.56.